The number of hydrogen-bond donors (Lipinski definition) is 6. The van der Waals surface area contributed by atoms with Crippen LogP contribution in [0.3, 0.4) is 0 Å². The van der Waals surface area contributed by atoms with Crippen LogP contribution < -0.4 is 0 Å². The van der Waals surface area contributed by atoms with E-state index in [-0.39, 0.29) is 5.90 Å². The molecule has 0 spiro atoms. The third kappa shape index (κ3) is 3.01. The summed E-state index contributed by atoms with van der Waals surface area (Å²) in [4.78, 5) is 15.4. The number of aliphatic hydroxyl groups excluding tert-OH is 5. The topological polar surface area (TPSA) is 178 Å². The van der Waals surface area contributed by atoms with Gasteiger partial charge < -0.3 is 44.8 Å². The fraction of sp³-hybridized carbons (Fsp3) is 0.857. The standard InChI is InChI=1S/C14H21NO10/c1-3-15-6-5(7(17)4(2-16)24-14(6)23-3)11-9(19)8(18)10(20)12(25-11)13(21)22/h4-12,14,16-20H,2H2,1H3,(H,21,22)/t4-,5?,6-,7+,8-,9-,10+,11+,12+,14+/m1/s1. The van der Waals surface area contributed by atoms with Crippen LogP contribution in [0.25, 0.3) is 0 Å². The first-order valence-corrected chi connectivity index (χ1v) is 7.84. The number of aliphatic hydroxyl groups is 5. The van der Waals surface area contributed by atoms with Crippen LogP contribution in [0.1, 0.15) is 6.92 Å². The van der Waals surface area contributed by atoms with Crippen molar-refractivity contribution in [3.05, 3.63) is 0 Å². The zero-order valence-electron chi connectivity index (χ0n) is 13.2. The van der Waals surface area contributed by atoms with Crippen molar-refractivity contribution in [2.24, 2.45) is 10.9 Å². The molecule has 3 aliphatic rings. The summed E-state index contributed by atoms with van der Waals surface area (Å²) >= 11 is 0. The average molecular weight is 363 g/mol. The maximum Gasteiger partial charge on any atom is 0.335 e. The summed E-state index contributed by atoms with van der Waals surface area (Å²) in [5.74, 6) is -2.30. The minimum absolute atomic E-state index is 0.256. The van der Waals surface area contributed by atoms with E-state index in [0.29, 0.717) is 0 Å². The molecule has 3 heterocycles. The van der Waals surface area contributed by atoms with E-state index in [9.17, 15) is 30.3 Å². The molecular formula is C14H21NO10. The van der Waals surface area contributed by atoms with E-state index in [1.165, 1.54) is 0 Å². The molecule has 0 saturated carbocycles. The molecule has 0 aliphatic carbocycles. The van der Waals surface area contributed by atoms with Crippen molar-refractivity contribution in [2.75, 3.05) is 6.61 Å². The smallest absolute Gasteiger partial charge is 0.335 e. The highest BCUT2D eigenvalue weighted by molar-refractivity contribution is 5.75. The Morgan fingerprint density at radius 2 is 1.76 bits per heavy atom. The second-order valence-electron chi connectivity index (χ2n) is 6.38. The second-order valence-corrected chi connectivity index (χ2v) is 6.38. The van der Waals surface area contributed by atoms with Gasteiger partial charge in [0.2, 0.25) is 6.29 Å². The summed E-state index contributed by atoms with van der Waals surface area (Å²) in [7, 11) is 0. The monoisotopic (exact) mass is 363 g/mol. The zero-order chi connectivity index (χ0) is 18.5. The number of aliphatic carboxylic acids is 1. The van der Waals surface area contributed by atoms with Gasteiger partial charge in [0.25, 0.3) is 0 Å². The summed E-state index contributed by atoms with van der Waals surface area (Å²) in [6, 6.07) is -0.839. The van der Waals surface area contributed by atoms with Gasteiger partial charge in [-0.1, -0.05) is 0 Å². The summed E-state index contributed by atoms with van der Waals surface area (Å²) in [6.07, 6.45) is -11.9. The largest absolute Gasteiger partial charge is 0.479 e. The Hall–Kier alpha value is -1.34. The number of aliphatic imine (C=N–C) groups is 1. The molecule has 6 N–H and O–H groups in total. The maximum atomic E-state index is 11.3. The molecule has 142 valence electrons. The molecule has 0 bridgehead atoms. The third-order valence-corrected chi connectivity index (χ3v) is 4.83. The lowest BCUT2D eigenvalue weighted by molar-refractivity contribution is -0.279. The summed E-state index contributed by atoms with van der Waals surface area (Å²) in [5, 5.41) is 59.2. The van der Waals surface area contributed by atoms with Gasteiger partial charge in [0.15, 0.2) is 12.0 Å². The molecule has 3 rings (SSSR count). The molecule has 0 aromatic carbocycles. The van der Waals surface area contributed by atoms with Gasteiger partial charge in [-0.05, 0) is 0 Å². The van der Waals surface area contributed by atoms with Gasteiger partial charge in [-0.2, -0.15) is 0 Å². The van der Waals surface area contributed by atoms with Crippen LogP contribution in [0.15, 0.2) is 4.99 Å². The predicted octanol–water partition coefficient (Wildman–Crippen LogP) is -3.57. The molecule has 2 fully saturated rings. The van der Waals surface area contributed by atoms with Crippen LogP contribution in [0.5, 0.6) is 0 Å². The van der Waals surface area contributed by atoms with Crippen molar-refractivity contribution < 1.29 is 49.6 Å². The van der Waals surface area contributed by atoms with Gasteiger partial charge >= 0.3 is 5.97 Å². The predicted molar refractivity (Wildman–Crippen MR) is 77.5 cm³/mol. The molecule has 0 radical (unpaired) electrons. The first kappa shape index (κ1) is 18.5. The molecular weight excluding hydrogens is 342 g/mol. The Labute approximate surface area is 142 Å². The number of hydrogen-bond acceptors (Lipinski definition) is 10. The summed E-state index contributed by atoms with van der Waals surface area (Å²) < 4.78 is 16.1. The highest BCUT2D eigenvalue weighted by Gasteiger charge is 2.58. The fourth-order valence-electron chi connectivity index (χ4n) is 3.59. The van der Waals surface area contributed by atoms with Crippen molar-refractivity contribution in [3.63, 3.8) is 0 Å². The SMILES string of the molecule is CC1=N[C@@H]2C([C@@H]3O[C@H](C(=O)O)[C@@H](O)[C@H](O)[C@H]3O)[C@@H](O)[C@@H](CO)O[C@@H]2O1. The van der Waals surface area contributed by atoms with Crippen LogP contribution >= 0.6 is 0 Å². The first-order valence-electron chi connectivity index (χ1n) is 7.84. The van der Waals surface area contributed by atoms with Crippen molar-refractivity contribution in [1.82, 2.24) is 0 Å². The van der Waals surface area contributed by atoms with Gasteiger partial charge in [0.05, 0.1) is 18.8 Å². The van der Waals surface area contributed by atoms with Gasteiger partial charge in [-0.25, -0.2) is 9.79 Å². The van der Waals surface area contributed by atoms with E-state index in [1.54, 1.807) is 6.92 Å². The third-order valence-electron chi connectivity index (χ3n) is 4.83. The van der Waals surface area contributed by atoms with Crippen molar-refractivity contribution in [2.45, 2.75) is 62.0 Å². The van der Waals surface area contributed by atoms with Crippen molar-refractivity contribution in [3.8, 4) is 0 Å². The number of carboxylic acid groups (broad SMARTS) is 1. The van der Waals surface area contributed by atoms with Crippen LogP contribution in [-0.2, 0) is 19.0 Å². The Kier molecular flexibility index (Phi) is 4.99. The lowest BCUT2D eigenvalue weighted by Crippen LogP contribution is -2.67. The van der Waals surface area contributed by atoms with Crippen LogP contribution in [0, 0.1) is 5.92 Å². The number of carbonyl (C=O) groups is 1. The van der Waals surface area contributed by atoms with E-state index in [2.05, 4.69) is 4.99 Å². The lowest BCUT2D eigenvalue weighted by Gasteiger charge is -2.48. The van der Waals surface area contributed by atoms with Gasteiger partial charge in [-0.3, -0.25) is 0 Å². The number of carboxylic acids is 1. The molecule has 0 amide bonds. The molecule has 11 heteroatoms. The molecule has 2 saturated heterocycles. The molecule has 25 heavy (non-hydrogen) atoms. The van der Waals surface area contributed by atoms with E-state index >= 15 is 0 Å². The number of fused-ring (bicyclic) bond motifs is 1. The number of nitrogens with zero attached hydrogens (tertiary/aromatic N) is 1. The van der Waals surface area contributed by atoms with Crippen LogP contribution in [0.2, 0.25) is 0 Å². The number of rotatable bonds is 3. The minimum Gasteiger partial charge on any atom is -0.479 e. The minimum atomic E-state index is -1.84. The molecule has 1 unspecified atom stereocenters. The van der Waals surface area contributed by atoms with E-state index in [4.69, 9.17) is 19.3 Å². The Morgan fingerprint density at radius 3 is 2.36 bits per heavy atom. The summed E-state index contributed by atoms with van der Waals surface area (Å²) in [5.41, 5.74) is 0. The van der Waals surface area contributed by atoms with Gasteiger partial charge in [0.1, 0.15) is 30.5 Å². The van der Waals surface area contributed by atoms with E-state index in [0.717, 1.165) is 0 Å². The normalized spacial score (nSPS) is 49.9. The molecule has 0 aromatic heterocycles. The summed E-state index contributed by atoms with van der Waals surface area (Å²) in [6.45, 7) is 0.996. The Morgan fingerprint density at radius 1 is 1.08 bits per heavy atom. The lowest BCUT2D eigenvalue weighted by atomic mass is 9.78. The van der Waals surface area contributed by atoms with Gasteiger partial charge in [0, 0.05) is 12.8 Å². The fourth-order valence-corrected chi connectivity index (χ4v) is 3.59. The molecule has 0 aromatic rings. The Balaban J connectivity index is 1.94. The van der Waals surface area contributed by atoms with Crippen LogP contribution in [0.4, 0.5) is 0 Å². The van der Waals surface area contributed by atoms with E-state index in [1.807, 2.05) is 0 Å². The quantitative estimate of drug-likeness (QED) is 0.294. The second kappa shape index (κ2) is 6.76. The maximum absolute atomic E-state index is 11.3. The first-order chi connectivity index (χ1) is 11.8. The van der Waals surface area contributed by atoms with Crippen molar-refractivity contribution in [1.29, 1.82) is 0 Å². The highest BCUT2D eigenvalue weighted by Crippen LogP contribution is 2.39. The van der Waals surface area contributed by atoms with E-state index < -0.39 is 73.6 Å². The Bertz CT molecular complexity index is 556. The van der Waals surface area contributed by atoms with Gasteiger partial charge in [-0.15, -0.1) is 0 Å². The zero-order valence-corrected chi connectivity index (χ0v) is 13.2. The molecule has 11 nitrogen and oxygen atoms in total. The van der Waals surface area contributed by atoms with Crippen molar-refractivity contribution >= 4 is 11.9 Å². The average Bonchev–Trinajstić information content (AvgIpc) is 2.92. The van der Waals surface area contributed by atoms with Crippen LogP contribution in [-0.4, -0.2) is 104 Å². The molecule has 10 atom stereocenters. The molecule has 3 aliphatic heterocycles. The highest BCUT2D eigenvalue weighted by atomic mass is 16.7. The number of ether oxygens (including phenoxy) is 3.